The molecule has 114 valence electrons. The van der Waals surface area contributed by atoms with Gasteiger partial charge in [0.25, 0.3) is 11.6 Å². The molecule has 1 aromatic carbocycles. The first kappa shape index (κ1) is 15.3. The molecule has 2 rings (SSSR count). The molecule has 1 fully saturated rings. The number of hydrogen-bond acceptors (Lipinski definition) is 4. The zero-order valence-corrected chi connectivity index (χ0v) is 12.0. The Kier molecular flexibility index (Phi) is 4.80. The number of nitrogens with zero attached hydrogens (tertiary/aromatic N) is 1. The standard InChI is InChI=1S/C15H20N2O4/c1-17(20)13-8-3-10(9-14(13)21-2)15(19)16-11-4-6-12(18)7-5-11/h3,8-9,11-12,18H,1,4-7H2,2H3,(H,16,19)/t11-,12-. The van der Waals surface area contributed by atoms with Crippen molar-refractivity contribution < 1.29 is 19.4 Å². The van der Waals surface area contributed by atoms with Crippen molar-refractivity contribution in [1.82, 2.24) is 5.32 Å². The molecular formula is C15H20N2O4. The van der Waals surface area contributed by atoms with Crippen LogP contribution in [0.25, 0.3) is 0 Å². The van der Waals surface area contributed by atoms with Gasteiger partial charge in [0, 0.05) is 17.7 Å². The van der Waals surface area contributed by atoms with Crippen molar-refractivity contribution >= 4 is 18.3 Å². The lowest BCUT2D eigenvalue weighted by Crippen LogP contribution is -2.38. The molecule has 0 spiro atoms. The smallest absolute Gasteiger partial charge is 0.258 e. The molecule has 0 bridgehead atoms. The molecule has 0 aliphatic heterocycles. The molecule has 6 nitrogen and oxygen atoms in total. The first-order chi connectivity index (χ1) is 10.0. The molecule has 1 saturated carbocycles. The highest BCUT2D eigenvalue weighted by atomic mass is 16.5. The summed E-state index contributed by atoms with van der Waals surface area (Å²) in [6, 6.07) is 4.69. The van der Waals surface area contributed by atoms with E-state index < -0.39 is 0 Å². The number of nitrogens with one attached hydrogen (secondary N) is 1. The first-order valence-electron chi connectivity index (χ1n) is 6.96. The predicted octanol–water partition coefficient (Wildman–Crippen LogP) is 1.57. The molecule has 1 amide bonds. The second-order valence-electron chi connectivity index (χ2n) is 5.24. The highest BCUT2D eigenvalue weighted by molar-refractivity contribution is 5.95. The second-order valence-corrected chi connectivity index (χ2v) is 5.24. The van der Waals surface area contributed by atoms with Crippen LogP contribution in [0.4, 0.5) is 5.69 Å². The van der Waals surface area contributed by atoms with Crippen molar-refractivity contribution in [2.45, 2.75) is 37.8 Å². The summed E-state index contributed by atoms with van der Waals surface area (Å²) < 4.78 is 5.55. The van der Waals surface area contributed by atoms with Crippen LogP contribution >= 0.6 is 0 Å². The summed E-state index contributed by atoms with van der Waals surface area (Å²) in [6.07, 6.45) is 2.71. The normalized spacial score (nSPS) is 21.6. The van der Waals surface area contributed by atoms with Crippen LogP contribution in [0.15, 0.2) is 18.2 Å². The summed E-state index contributed by atoms with van der Waals surface area (Å²) in [5.74, 6) is 0.106. The van der Waals surface area contributed by atoms with E-state index in [0.29, 0.717) is 28.9 Å². The van der Waals surface area contributed by atoms with Crippen LogP contribution in [0, 0.1) is 5.21 Å². The molecule has 2 N–H and O–H groups in total. The first-order valence-corrected chi connectivity index (χ1v) is 6.96. The summed E-state index contributed by atoms with van der Waals surface area (Å²) in [4.78, 5) is 12.2. The minimum absolute atomic E-state index is 0.0791. The van der Waals surface area contributed by atoms with Crippen LogP contribution in [0.2, 0.25) is 0 Å². The minimum Gasteiger partial charge on any atom is -0.619 e. The highest BCUT2D eigenvalue weighted by Crippen LogP contribution is 2.27. The van der Waals surface area contributed by atoms with Gasteiger partial charge >= 0.3 is 0 Å². The van der Waals surface area contributed by atoms with E-state index in [-0.39, 0.29) is 23.7 Å². The number of carbonyl (C=O) groups is 1. The summed E-state index contributed by atoms with van der Waals surface area (Å²) in [5.41, 5.74) is 0.707. The van der Waals surface area contributed by atoms with E-state index in [4.69, 9.17) is 4.74 Å². The summed E-state index contributed by atoms with van der Waals surface area (Å²) in [6.45, 7) is 3.27. The zero-order chi connectivity index (χ0) is 15.4. The van der Waals surface area contributed by atoms with Gasteiger partial charge in [-0.05, 0) is 37.8 Å². The number of ether oxygens (including phenoxy) is 1. The fourth-order valence-corrected chi connectivity index (χ4v) is 2.51. The Morgan fingerprint density at radius 3 is 2.67 bits per heavy atom. The van der Waals surface area contributed by atoms with Gasteiger partial charge in [0.2, 0.25) is 0 Å². The van der Waals surface area contributed by atoms with E-state index in [9.17, 15) is 15.1 Å². The molecule has 6 heteroatoms. The molecular weight excluding hydrogens is 272 g/mol. The summed E-state index contributed by atoms with van der Waals surface area (Å²) in [5, 5.41) is 23.7. The van der Waals surface area contributed by atoms with E-state index in [1.807, 2.05) is 0 Å². The lowest BCUT2D eigenvalue weighted by Gasteiger charge is -2.26. The third kappa shape index (κ3) is 3.72. The van der Waals surface area contributed by atoms with Crippen LogP contribution in [0.5, 0.6) is 5.75 Å². The zero-order valence-electron chi connectivity index (χ0n) is 12.0. The Hall–Kier alpha value is -2.08. The number of rotatable bonds is 4. The average Bonchev–Trinajstić information content (AvgIpc) is 2.48. The van der Waals surface area contributed by atoms with Gasteiger partial charge in [-0.15, -0.1) is 0 Å². The third-order valence-electron chi connectivity index (χ3n) is 3.74. The van der Waals surface area contributed by atoms with Crippen molar-refractivity contribution in [1.29, 1.82) is 0 Å². The molecule has 1 aromatic rings. The summed E-state index contributed by atoms with van der Waals surface area (Å²) >= 11 is 0. The molecule has 0 saturated heterocycles. The summed E-state index contributed by atoms with van der Waals surface area (Å²) in [7, 11) is 1.44. The van der Waals surface area contributed by atoms with Crippen LogP contribution in [-0.2, 0) is 0 Å². The van der Waals surface area contributed by atoms with Crippen molar-refractivity contribution in [2.75, 3.05) is 7.11 Å². The van der Waals surface area contributed by atoms with Crippen LogP contribution in [0.3, 0.4) is 0 Å². The maximum Gasteiger partial charge on any atom is 0.258 e. The Morgan fingerprint density at radius 1 is 1.43 bits per heavy atom. The largest absolute Gasteiger partial charge is 0.619 e. The van der Waals surface area contributed by atoms with Gasteiger partial charge in [-0.3, -0.25) is 4.79 Å². The number of hydrogen-bond donors (Lipinski definition) is 2. The van der Waals surface area contributed by atoms with E-state index in [2.05, 4.69) is 12.0 Å². The Bertz CT molecular complexity index is 536. The second kappa shape index (κ2) is 6.58. The van der Waals surface area contributed by atoms with Crippen molar-refractivity contribution in [2.24, 2.45) is 0 Å². The van der Waals surface area contributed by atoms with Gasteiger partial charge in [-0.2, -0.15) is 4.74 Å². The Labute approximate surface area is 123 Å². The highest BCUT2D eigenvalue weighted by Gasteiger charge is 2.22. The van der Waals surface area contributed by atoms with Gasteiger partial charge in [0.05, 0.1) is 13.2 Å². The lowest BCUT2D eigenvalue weighted by molar-refractivity contribution is -0.350. The fourth-order valence-electron chi connectivity index (χ4n) is 2.51. The van der Waals surface area contributed by atoms with E-state index in [1.54, 1.807) is 6.07 Å². The predicted molar refractivity (Wildman–Crippen MR) is 79.1 cm³/mol. The number of aliphatic hydroxyl groups is 1. The Morgan fingerprint density at radius 2 is 2.10 bits per heavy atom. The van der Waals surface area contributed by atoms with E-state index in [0.717, 1.165) is 12.8 Å². The SMILES string of the molecule is C=[N+]([O-])c1ccc(C(=O)N[C@H]2CC[C@H](O)CC2)cc1OC. The van der Waals surface area contributed by atoms with Gasteiger partial charge in [-0.25, -0.2) is 0 Å². The number of carbonyl (C=O) groups excluding carboxylic acids is 1. The molecule has 1 aliphatic rings. The van der Waals surface area contributed by atoms with Crippen LogP contribution in [0.1, 0.15) is 36.0 Å². The third-order valence-corrected chi connectivity index (χ3v) is 3.74. The van der Waals surface area contributed by atoms with Gasteiger partial charge in [-0.1, -0.05) is 0 Å². The van der Waals surface area contributed by atoms with Gasteiger partial charge in [0.1, 0.15) is 6.72 Å². The number of aliphatic hydroxyl groups excluding tert-OH is 1. The Balaban J connectivity index is 2.07. The van der Waals surface area contributed by atoms with Crippen molar-refractivity contribution in [3.05, 3.63) is 29.0 Å². The number of benzene rings is 1. The molecule has 0 atom stereocenters. The molecule has 21 heavy (non-hydrogen) atoms. The monoisotopic (exact) mass is 292 g/mol. The van der Waals surface area contributed by atoms with Crippen molar-refractivity contribution in [3.63, 3.8) is 0 Å². The molecule has 0 unspecified atom stereocenters. The number of amides is 1. The molecule has 0 aromatic heterocycles. The minimum atomic E-state index is -0.252. The van der Waals surface area contributed by atoms with Crippen molar-refractivity contribution in [3.8, 4) is 5.75 Å². The van der Waals surface area contributed by atoms with E-state index >= 15 is 0 Å². The molecule has 0 heterocycles. The maximum atomic E-state index is 12.2. The van der Waals surface area contributed by atoms with Gasteiger partial charge < -0.3 is 20.4 Å². The topological polar surface area (TPSA) is 84.6 Å². The molecule has 1 aliphatic carbocycles. The average molecular weight is 292 g/mol. The van der Waals surface area contributed by atoms with Gasteiger partial charge in [0.15, 0.2) is 5.75 Å². The molecule has 0 radical (unpaired) electrons. The maximum absolute atomic E-state index is 12.2. The number of methoxy groups -OCH3 is 1. The quantitative estimate of drug-likeness (QED) is 0.382. The lowest BCUT2D eigenvalue weighted by atomic mass is 9.93. The van der Waals surface area contributed by atoms with Crippen LogP contribution < -0.4 is 10.1 Å². The van der Waals surface area contributed by atoms with E-state index in [1.165, 1.54) is 19.2 Å². The fraction of sp³-hybridized carbons (Fsp3) is 0.467. The van der Waals surface area contributed by atoms with Crippen LogP contribution in [-0.4, -0.2) is 41.7 Å².